The first-order valence-corrected chi connectivity index (χ1v) is 7.75. The van der Waals surface area contributed by atoms with E-state index in [2.05, 4.69) is 5.32 Å². The van der Waals surface area contributed by atoms with E-state index in [0.717, 1.165) is 16.1 Å². The number of ether oxygens (including phenoxy) is 1. The summed E-state index contributed by atoms with van der Waals surface area (Å²) in [6.07, 6.45) is 0.0197. The number of benzene rings is 2. The average Bonchev–Trinajstić information content (AvgIpc) is 2.51. The molecular weight excluding hydrogens is 317 g/mol. The number of aryl methyl sites for hydroxylation is 2. The summed E-state index contributed by atoms with van der Waals surface area (Å²) < 4.78 is 19.1. The minimum absolute atomic E-state index is 0.0197. The van der Waals surface area contributed by atoms with Crippen LogP contribution in [-0.2, 0) is 11.2 Å². The Balaban J connectivity index is 1.77. The third-order valence-electron chi connectivity index (χ3n) is 3.41. The third-order valence-corrected chi connectivity index (χ3v) is 4.01. The molecule has 2 rings (SSSR count). The van der Waals surface area contributed by atoms with Crippen LogP contribution in [0.25, 0.3) is 0 Å². The molecule has 1 amide bonds. The van der Waals surface area contributed by atoms with Gasteiger partial charge in [-0.15, -0.1) is 0 Å². The quantitative estimate of drug-likeness (QED) is 0.815. The summed E-state index contributed by atoms with van der Waals surface area (Å²) in [6, 6.07) is 9.97. The van der Waals surface area contributed by atoms with E-state index in [-0.39, 0.29) is 18.1 Å². The Hall–Kier alpha value is -2.07. The lowest BCUT2D eigenvalue weighted by molar-refractivity contribution is -0.120. The van der Waals surface area contributed by atoms with Crippen molar-refractivity contribution >= 4 is 17.5 Å². The van der Waals surface area contributed by atoms with Crippen LogP contribution in [0.2, 0.25) is 5.02 Å². The molecule has 0 heterocycles. The maximum atomic E-state index is 13.5. The number of carbonyl (C=O) groups is 1. The second kappa shape index (κ2) is 7.97. The van der Waals surface area contributed by atoms with Crippen LogP contribution in [0, 0.1) is 19.7 Å². The third kappa shape index (κ3) is 4.96. The molecule has 0 bridgehead atoms. The second-order valence-electron chi connectivity index (χ2n) is 5.34. The first-order valence-electron chi connectivity index (χ1n) is 7.37. The van der Waals surface area contributed by atoms with E-state index < -0.39 is 0 Å². The second-order valence-corrected chi connectivity index (χ2v) is 5.72. The number of halogens is 2. The Kier molecular flexibility index (Phi) is 5.99. The predicted octanol–water partition coefficient (Wildman–Crippen LogP) is 3.83. The first-order chi connectivity index (χ1) is 11.0. The summed E-state index contributed by atoms with van der Waals surface area (Å²) in [5.74, 6) is 0.112. The zero-order chi connectivity index (χ0) is 16.8. The lowest BCUT2D eigenvalue weighted by Gasteiger charge is -2.11. The van der Waals surface area contributed by atoms with Crippen molar-refractivity contribution in [3.8, 4) is 5.75 Å². The molecule has 0 saturated heterocycles. The van der Waals surface area contributed by atoms with Gasteiger partial charge in [-0.25, -0.2) is 4.39 Å². The summed E-state index contributed by atoms with van der Waals surface area (Å²) in [7, 11) is 0. The average molecular weight is 336 g/mol. The lowest BCUT2D eigenvalue weighted by atomic mass is 10.1. The van der Waals surface area contributed by atoms with E-state index in [1.54, 1.807) is 18.2 Å². The number of nitrogens with one attached hydrogen (secondary N) is 1. The Morgan fingerprint density at radius 1 is 1.22 bits per heavy atom. The Bertz CT molecular complexity index is 680. The lowest BCUT2D eigenvalue weighted by Crippen LogP contribution is -2.29. The molecule has 3 nitrogen and oxygen atoms in total. The van der Waals surface area contributed by atoms with Crippen LogP contribution in [0.5, 0.6) is 5.75 Å². The van der Waals surface area contributed by atoms with Gasteiger partial charge in [0.25, 0.3) is 0 Å². The molecule has 0 spiro atoms. The molecule has 0 aliphatic heterocycles. The van der Waals surface area contributed by atoms with Gasteiger partial charge in [-0.05, 0) is 48.7 Å². The molecule has 5 heteroatoms. The highest BCUT2D eigenvalue weighted by Gasteiger charge is 2.07. The first kappa shape index (κ1) is 17.3. The summed E-state index contributed by atoms with van der Waals surface area (Å²) in [5.41, 5.74) is 2.28. The monoisotopic (exact) mass is 335 g/mol. The zero-order valence-electron chi connectivity index (χ0n) is 13.2. The van der Waals surface area contributed by atoms with Crippen molar-refractivity contribution in [2.24, 2.45) is 0 Å². The van der Waals surface area contributed by atoms with E-state index >= 15 is 0 Å². The van der Waals surface area contributed by atoms with Gasteiger partial charge in [0.2, 0.25) is 5.91 Å². The molecule has 0 atom stereocenters. The molecule has 0 radical (unpaired) electrons. The number of carbonyl (C=O) groups excluding carboxylic acids is 1. The van der Waals surface area contributed by atoms with Gasteiger partial charge in [0.1, 0.15) is 18.2 Å². The smallest absolute Gasteiger partial charge is 0.224 e. The molecule has 1 N–H and O–H groups in total. The fraction of sp³-hybridized carbons (Fsp3) is 0.278. The summed E-state index contributed by atoms with van der Waals surface area (Å²) in [5, 5.41) is 3.44. The molecule has 0 saturated carbocycles. The molecule has 0 aliphatic carbocycles. The van der Waals surface area contributed by atoms with Gasteiger partial charge < -0.3 is 10.1 Å². The highest BCUT2D eigenvalue weighted by Crippen LogP contribution is 2.25. The van der Waals surface area contributed by atoms with E-state index in [4.69, 9.17) is 16.3 Å². The largest absolute Gasteiger partial charge is 0.492 e. The van der Waals surface area contributed by atoms with Gasteiger partial charge in [0.15, 0.2) is 0 Å². The molecule has 0 aromatic heterocycles. The van der Waals surface area contributed by atoms with Gasteiger partial charge in [0.05, 0.1) is 13.0 Å². The van der Waals surface area contributed by atoms with E-state index in [1.165, 1.54) is 6.07 Å². The maximum Gasteiger partial charge on any atom is 0.224 e. The molecule has 0 unspecified atom stereocenters. The van der Waals surface area contributed by atoms with Crippen LogP contribution in [0.1, 0.15) is 16.7 Å². The Morgan fingerprint density at radius 2 is 1.87 bits per heavy atom. The fourth-order valence-corrected chi connectivity index (χ4v) is 2.34. The van der Waals surface area contributed by atoms with Crippen molar-refractivity contribution in [1.82, 2.24) is 5.32 Å². The van der Waals surface area contributed by atoms with Gasteiger partial charge in [-0.3, -0.25) is 4.79 Å². The van der Waals surface area contributed by atoms with Gasteiger partial charge in [-0.2, -0.15) is 0 Å². The van der Waals surface area contributed by atoms with Crippen LogP contribution in [0.15, 0.2) is 36.4 Å². The van der Waals surface area contributed by atoms with Gasteiger partial charge in [-0.1, -0.05) is 29.8 Å². The number of hydrogen-bond donors (Lipinski definition) is 1. The van der Waals surface area contributed by atoms with Crippen LogP contribution >= 0.6 is 11.6 Å². The standard InChI is InChI=1S/C18H19ClFNO2/c1-12-9-15(10-13(2)18(12)19)23-8-7-21-17(22)11-14-5-3-4-6-16(14)20/h3-6,9-10H,7-8,11H2,1-2H3,(H,21,22). The summed E-state index contributed by atoms with van der Waals surface area (Å²) >= 11 is 6.10. The molecule has 122 valence electrons. The Morgan fingerprint density at radius 3 is 2.52 bits per heavy atom. The van der Waals surface area contributed by atoms with Crippen LogP contribution in [0.3, 0.4) is 0 Å². The fourth-order valence-electron chi connectivity index (χ4n) is 2.23. The van der Waals surface area contributed by atoms with Crippen molar-refractivity contribution in [1.29, 1.82) is 0 Å². The SMILES string of the molecule is Cc1cc(OCCNC(=O)Cc2ccccc2F)cc(C)c1Cl. The minimum atomic E-state index is -0.369. The number of amides is 1. The highest BCUT2D eigenvalue weighted by atomic mass is 35.5. The molecule has 2 aromatic carbocycles. The van der Waals surface area contributed by atoms with Gasteiger partial charge in [0, 0.05) is 5.02 Å². The zero-order valence-corrected chi connectivity index (χ0v) is 13.9. The number of rotatable bonds is 6. The minimum Gasteiger partial charge on any atom is -0.492 e. The van der Waals surface area contributed by atoms with Gasteiger partial charge >= 0.3 is 0 Å². The van der Waals surface area contributed by atoms with Crippen molar-refractivity contribution in [2.75, 3.05) is 13.2 Å². The summed E-state index contributed by atoms with van der Waals surface area (Å²) in [6.45, 7) is 4.52. The van der Waals surface area contributed by atoms with Crippen LogP contribution in [0.4, 0.5) is 4.39 Å². The predicted molar refractivity (Wildman–Crippen MR) is 89.5 cm³/mol. The topological polar surface area (TPSA) is 38.3 Å². The Labute approximate surface area is 140 Å². The molecule has 0 fully saturated rings. The van der Waals surface area contributed by atoms with Crippen LogP contribution in [-0.4, -0.2) is 19.1 Å². The maximum absolute atomic E-state index is 13.5. The van der Waals surface area contributed by atoms with E-state index in [0.29, 0.717) is 24.5 Å². The van der Waals surface area contributed by atoms with E-state index in [9.17, 15) is 9.18 Å². The molecule has 2 aromatic rings. The summed E-state index contributed by atoms with van der Waals surface area (Å²) in [4.78, 5) is 11.8. The molecule has 23 heavy (non-hydrogen) atoms. The van der Waals surface area contributed by atoms with Crippen molar-refractivity contribution in [3.05, 3.63) is 63.9 Å². The highest BCUT2D eigenvalue weighted by molar-refractivity contribution is 6.32. The molecule has 0 aliphatic rings. The van der Waals surface area contributed by atoms with Crippen molar-refractivity contribution in [2.45, 2.75) is 20.3 Å². The number of hydrogen-bond acceptors (Lipinski definition) is 2. The van der Waals surface area contributed by atoms with Crippen molar-refractivity contribution in [3.63, 3.8) is 0 Å². The van der Waals surface area contributed by atoms with Crippen molar-refractivity contribution < 1.29 is 13.9 Å². The molecular formula is C18H19ClFNO2. The normalized spacial score (nSPS) is 10.4. The van der Waals surface area contributed by atoms with Crippen LogP contribution < -0.4 is 10.1 Å². The van der Waals surface area contributed by atoms with E-state index in [1.807, 2.05) is 26.0 Å².